The minimum atomic E-state index is -4.42. The zero-order valence-electron chi connectivity index (χ0n) is 16.8. The van der Waals surface area contributed by atoms with Crippen LogP contribution in [-0.2, 0) is 12.8 Å². The van der Waals surface area contributed by atoms with Crippen LogP contribution in [0.1, 0.15) is 30.1 Å². The number of aromatic nitrogens is 4. The van der Waals surface area contributed by atoms with Crippen molar-refractivity contribution in [2.75, 3.05) is 26.2 Å². The Kier molecular flexibility index (Phi) is 5.61. The lowest BCUT2D eigenvalue weighted by Crippen LogP contribution is -2.47. The van der Waals surface area contributed by atoms with Crippen molar-refractivity contribution in [3.8, 4) is 11.4 Å². The summed E-state index contributed by atoms with van der Waals surface area (Å²) in [6, 6.07) is 8.90. The highest BCUT2D eigenvalue weighted by atomic mass is 19.4. The van der Waals surface area contributed by atoms with Crippen LogP contribution in [0, 0.1) is 6.92 Å². The van der Waals surface area contributed by atoms with Gasteiger partial charge in [-0.2, -0.15) is 23.3 Å². The lowest BCUT2D eigenvalue weighted by molar-refractivity contribution is -0.141. The summed E-state index contributed by atoms with van der Waals surface area (Å²) in [5.74, 6) is 1.12. The summed E-state index contributed by atoms with van der Waals surface area (Å²) >= 11 is 0. The quantitative estimate of drug-likeness (QED) is 0.629. The molecule has 1 fully saturated rings. The number of piperazine rings is 1. The van der Waals surface area contributed by atoms with Crippen LogP contribution in [0.15, 0.2) is 41.1 Å². The minimum Gasteiger partial charge on any atom is -0.337 e. The predicted octanol–water partition coefficient (Wildman–Crippen LogP) is 3.60. The number of hydrogen-bond donors (Lipinski definition) is 0. The fourth-order valence-corrected chi connectivity index (χ4v) is 3.47. The van der Waals surface area contributed by atoms with E-state index in [2.05, 4.69) is 25.0 Å². The van der Waals surface area contributed by atoms with Gasteiger partial charge in [0, 0.05) is 37.9 Å². The van der Waals surface area contributed by atoms with E-state index < -0.39 is 11.9 Å². The van der Waals surface area contributed by atoms with E-state index in [1.54, 1.807) is 0 Å². The van der Waals surface area contributed by atoms with Crippen molar-refractivity contribution < 1.29 is 17.7 Å². The van der Waals surface area contributed by atoms with Crippen LogP contribution >= 0.6 is 0 Å². The van der Waals surface area contributed by atoms with E-state index in [4.69, 9.17) is 4.52 Å². The van der Waals surface area contributed by atoms with Crippen LogP contribution in [0.3, 0.4) is 0 Å². The van der Waals surface area contributed by atoms with Gasteiger partial charge in [0.25, 0.3) is 0 Å². The molecule has 0 radical (unpaired) electrons. The van der Waals surface area contributed by atoms with Crippen LogP contribution in [0.25, 0.3) is 11.4 Å². The van der Waals surface area contributed by atoms with E-state index in [9.17, 15) is 13.2 Å². The van der Waals surface area contributed by atoms with Gasteiger partial charge in [-0.15, -0.1) is 0 Å². The molecular formula is C20H23F3N6O. The highest BCUT2D eigenvalue weighted by molar-refractivity contribution is 5.54. The van der Waals surface area contributed by atoms with E-state index >= 15 is 0 Å². The first kappa shape index (κ1) is 20.5. The molecule has 2 aromatic heterocycles. The Morgan fingerprint density at radius 2 is 1.77 bits per heavy atom. The summed E-state index contributed by atoms with van der Waals surface area (Å²) in [6.07, 6.45) is -3.05. The van der Waals surface area contributed by atoms with E-state index in [-0.39, 0.29) is 6.04 Å². The summed E-state index contributed by atoms with van der Waals surface area (Å²) < 4.78 is 44.9. The summed E-state index contributed by atoms with van der Waals surface area (Å²) in [7, 11) is 0. The molecule has 4 rings (SSSR count). The topological polar surface area (TPSA) is 63.2 Å². The lowest BCUT2D eigenvalue weighted by atomic mass is 10.1. The Labute approximate surface area is 172 Å². The highest BCUT2D eigenvalue weighted by Crippen LogP contribution is 2.27. The third-order valence-electron chi connectivity index (χ3n) is 5.34. The maximum atomic E-state index is 12.7. The Morgan fingerprint density at radius 1 is 1.07 bits per heavy atom. The zero-order valence-corrected chi connectivity index (χ0v) is 16.8. The summed E-state index contributed by atoms with van der Waals surface area (Å²) in [4.78, 5) is 8.84. The van der Waals surface area contributed by atoms with Crippen molar-refractivity contribution in [1.82, 2.24) is 29.7 Å². The Morgan fingerprint density at radius 3 is 2.40 bits per heavy atom. The maximum Gasteiger partial charge on any atom is 0.435 e. The van der Waals surface area contributed by atoms with E-state index in [1.807, 2.05) is 38.1 Å². The molecule has 0 saturated carbocycles. The van der Waals surface area contributed by atoms with Crippen LogP contribution in [0.4, 0.5) is 13.2 Å². The molecule has 0 aliphatic carbocycles. The number of alkyl halides is 3. The SMILES string of the molecule is Cc1ccc(-c2noc([C@@H](C)N3CCN(Cn4ccc(C(F)(F)F)n4)CC3)n2)cc1. The smallest absolute Gasteiger partial charge is 0.337 e. The fourth-order valence-electron chi connectivity index (χ4n) is 3.47. The van der Waals surface area contributed by atoms with Crippen molar-refractivity contribution in [2.24, 2.45) is 0 Å². The van der Waals surface area contributed by atoms with Crippen molar-refractivity contribution in [1.29, 1.82) is 0 Å². The molecule has 7 nitrogen and oxygen atoms in total. The molecule has 3 heterocycles. The first-order valence-corrected chi connectivity index (χ1v) is 9.77. The van der Waals surface area contributed by atoms with Crippen molar-refractivity contribution >= 4 is 0 Å². The number of aryl methyl sites for hydroxylation is 1. The second-order valence-corrected chi connectivity index (χ2v) is 7.53. The van der Waals surface area contributed by atoms with Gasteiger partial charge in [0.1, 0.15) is 0 Å². The van der Waals surface area contributed by atoms with Crippen LogP contribution < -0.4 is 0 Å². The van der Waals surface area contributed by atoms with Crippen molar-refractivity contribution in [3.05, 3.63) is 53.7 Å². The molecule has 1 saturated heterocycles. The summed E-state index contributed by atoms with van der Waals surface area (Å²) in [5, 5.41) is 7.72. The number of benzene rings is 1. The van der Waals surface area contributed by atoms with Gasteiger partial charge in [0.15, 0.2) is 5.69 Å². The van der Waals surface area contributed by atoms with Gasteiger partial charge in [-0.05, 0) is 19.9 Å². The molecule has 1 atom stereocenters. The molecule has 0 spiro atoms. The maximum absolute atomic E-state index is 12.7. The third-order valence-corrected chi connectivity index (χ3v) is 5.34. The van der Waals surface area contributed by atoms with Crippen molar-refractivity contribution in [2.45, 2.75) is 32.7 Å². The van der Waals surface area contributed by atoms with Crippen LogP contribution in [0.2, 0.25) is 0 Å². The first-order chi connectivity index (χ1) is 14.3. The van der Waals surface area contributed by atoms with Gasteiger partial charge in [-0.1, -0.05) is 35.0 Å². The second kappa shape index (κ2) is 8.19. The molecule has 1 aliphatic rings. The predicted molar refractivity (Wildman–Crippen MR) is 103 cm³/mol. The Hall–Kier alpha value is -2.72. The first-order valence-electron chi connectivity index (χ1n) is 9.77. The summed E-state index contributed by atoms with van der Waals surface area (Å²) in [6.45, 7) is 7.29. The molecule has 3 aromatic rings. The van der Waals surface area contributed by atoms with Gasteiger partial charge in [-0.25, -0.2) is 0 Å². The summed E-state index contributed by atoms with van der Waals surface area (Å²) in [5.41, 5.74) is 1.21. The lowest BCUT2D eigenvalue weighted by Gasteiger charge is -2.36. The van der Waals surface area contributed by atoms with Crippen molar-refractivity contribution in [3.63, 3.8) is 0 Å². The van der Waals surface area contributed by atoms with Gasteiger partial charge in [0.2, 0.25) is 11.7 Å². The van der Waals surface area contributed by atoms with Gasteiger partial charge >= 0.3 is 6.18 Å². The average molecular weight is 420 g/mol. The normalized spacial score (nSPS) is 17.4. The largest absolute Gasteiger partial charge is 0.435 e. The molecule has 0 amide bonds. The number of nitrogens with zero attached hydrogens (tertiary/aromatic N) is 6. The monoisotopic (exact) mass is 420 g/mol. The second-order valence-electron chi connectivity index (χ2n) is 7.53. The van der Waals surface area contributed by atoms with E-state index in [0.29, 0.717) is 31.5 Å². The Bertz CT molecular complexity index is 973. The van der Waals surface area contributed by atoms with Gasteiger partial charge < -0.3 is 4.52 Å². The van der Waals surface area contributed by atoms with E-state index in [1.165, 1.54) is 16.4 Å². The van der Waals surface area contributed by atoms with Gasteiger partial charge in [-0.3, -0.25) is 14.5 Å². The molecule has 0 bridgehead atoms. The molecule has 160 valence electrons. The van der Waals surface area contributed by atoms with Gasteiger partial charge in [0.05, 0.1) is 12.7 Å². The molecular weight excluding hydrogens is 397 g/mol. The molecule has 30 heavy (non-hydrogen) atoms. The molecule has 10 heteroatoms. The molecule has 0 unspecified atom stereocenters. The number of halogens is 3. The van der Waals surface area contributed by atoms with Crippen LogP contribution in [-0.4, -0.2) is 55.9 Å². The fraction of sp³-hybridized carbons (Fsp3) is 0.450. The number of rotatable bonds is 5. The molecule has 1 aliphatic heterocycles. The highest BCUT2D eigenvalue weighted by Gasteiger charge is 2.34. The molecule has 1 aromatic carbocycles. The average Bonchev–Trinajstić information content (AvgIpc) is 3.38. The minimum absolute atomic E-state index is 0.0413. The zero-order chi connectivity index (χ0) is 21.3. The Balaban J connectivity index is 1.33. The van der Waals surface area contributed by atoms with Crippen LogP contribution in [0.5, 0.6) is 0 Å². The third kappa shape index (κ3) is 4.54. The van der Waals surface area contributed by atoms with E-state index in [0.717, 1.165) is 24.7 Å². The number of hydrogen-bond acceptors (Lipinski definition) is 6. The molecule has 0 N–H and O–H groups in total. The standard InChI is InChI=1S/C20H23F3N6O/c1-14-3-5-16(6-4-14)18-24-19(30-26-18)15(2)28-11-9-27(10-12-28)13-29-8-7-17(25-29)20(21,22)23/h3-8,15H,9-13H2,1-2H3/t15-/m1/s1.